The largest absolute Gasteiger partial charge is 0.501 e. The maximum absolute atomic E-state index is 11.7. The van der Waals surface area contributed by atoms with E-state index in [1.807, 2.05) is 13.8 Å². The van der Waals surface area contributed by atoms with Gasteiger partial charge in [-0.25, -0.2) is 8.42 Å². The Morgan fingerprint density at radius 2 is 2.12 bits per heavy atom. The van der Waals surface area contributed by atoms with Crippen LogP contribution in [0.4, 0.5) is 0 Å². The highest BCUT2D eigenvalue weighted by atomic mass is 32.2. The molecule has 0 radical (unpaired) electrons. The molecular weight excluding hydrogens is 224 g/mol. The number of sulfone groups is 1. The molecule has 0 N–H and O–H groups in total. The van der Waals surface area contributed by atoms with Gasteiger partial charge in [0.25, 0.3) is 0 Å². The van der Waals surface area contributed by atoms with Crippen molar-refractivity contribution >= 4 is 9.84 Å². The molecule has 1 rings (SSSR count). The van der Waals surface area contributed by atoms with Gasteiger partial charge in [0.15, 0.2) is 9.84 Å². The SMILES string of the molecule is CC(C)=COCCCC1CCCCS1(=O)=O. The molecule has 1 saturated heterocycles. The van der Waals surface area contributed by atoms with Crippen LogP contribution in [0.1, 0.15) is 46.0 Å². The summed E-state index contributed by atoms with van der Waals surface area (Å²) >= 11 is 0. The van der Waals surface area contributed by atoms with Crippen LogP contribution >= 0.6 is 0 Å². The van der Waals surface area contributed by atoms with Gasteiger partial charge in [-0.1, -0.05) is 6.42 Å². The van der Waals surface area contributed by atoms with Crippen LogP contribution in [0.5, 0.6) is 0 Å². The number of rotatable bonds is 5. The predicted octanol–water partition coefficient (Wildman–Crippen LogP) is 2.67. The summed E-state index contributed by atoms with van der Waals surface area (Å²) in [6.45, 7) is 4.58. The van der Waals surface area contributed by atoms with Crippen LogP contribution in [0.25, 0.3) is 0 Å². The molecule has 1 unspecified atom stereocenters. The molecular formula is C12H22O3S. The molecule has 0 aromatic carbocycles. The lowest BCUT2D eigenvalue weighted by Gasteiger charge is -2.21. The van der Waals surface area contributed by atoms with Crippen molar-refractivity contribution < 1.29 is 13.2 Å². The lowest BCUT2D eigenvalue weighted by atomic mass is 10.1. The van der Waals surface area contributed by atoms with E-state index < -0.39 is 9.84 Å². The molecule has 1 fully saturated rings. The van der Waals surface area contributed by atoms with E-state index in [1.165, 1.54) is 0 Å². The van der Waals surface area contributed by atoms with E-state index >= 15 is 0 Å². The van der Waals surface area contributed by atoms with E-state index in [0.29, 0.717) is 12.4 Å². The second kappa shape index (κ2) is 6.28. The zero-order valence-electron chi connectivity index (χ0n) is 10.2. The number of ether oxygens (including phenoxy) is 1. The Morgan fingerprint density at radius 1 is 1.38 bits per heavy atom. The zero-order valence-corrected chi connectivity index (χ0v) is 11.1. The maximum Gasteiger partial charge on any atom is 0.153 e. The highest BCUT2D eigenvalue weighted by molar-refractivity contribution is 7.92. The Hall–Kier alpha value is -0.510. The molecule has 0 aromatic rings. The third kappa shape index (κ3) is 4.56. The predicted molar refractivity (Wildman–Crippen MR) is 66.0 cm³/mol. The lowest BCUT2D eigenvalue weighted by Crippen LogP contribution is -2.28. The van der Waals surface area contributed by atoms with Gasteiger partial charge < -0.3 is 4.74 Å². The van der Waals surface area contributed by atoms with E-state index in [2.05, 4.69) is 0 Å². The van der Waals surface area contributed by atoms with E-state index in [9.17, 15) is 8.42 Å². The first-order valence-corrected chi connectivity index (χ1v) is 7.70. The Labute approximate surface area is 98.8 Å². The summed E-state index contributed by atoms with van der Waals surface area (Å²) < 4.78 is 28.7. The molecule has 1 heterocycles. The van der Waals surface area contributed by atoms with Crippen molar-refractivity contribution in [1.29, 1.82) is 0 Å². The molecule has 0 amide bonds. The van der Waals surface area contributed by atoms with Crippen molar-refractivity contribution in [2.75, 3.05) is 12.4 Å². The second-order valence-corrected chi connectivity index (χ2v) is 7.09. The number of hydrogen-bond acceptors (Lipinski definition) is 3. The van der Waals surface area contributed by atoms with E-state index in [4.69, 9.17) is 4.74 Å². The summed E-state index contributed by atoms with van der Waals surface area (Å²) in [7, 11) is -2.80. The van der Waals surface area contributed by atoms with Crippen molar-refractivity contribution in [2.45, 2.75) is 51.2 Å². The average Bonchev–Trinajstić information content (AvgIpc) is 2.19. The van der Waals surface area contributed by atoms with Crippen molar-refractivity contribution in [3.8, 4) is 0 Å². The third-order valence-electron chi connectivity index (χ3n) is 2.82. The fraction of sp³-hybridized carbons (Fsp3) is 0.833. The molecule has 16 heavy (non-hydrogen) atoms. The summed E-state index contributed by atoms with van der Waals surface area (Å²) in [6, 6.07) is 0. The summed E-state index contributed by atoms with van der Waals surface area (Å²) in [6.07, 6.45) is 6.04. The molecule has 0 aromatic heterocycles. The first kappa shape index (κ1) is 13.6. The van der Waals surface area contributed by atoms with Crippen LogP contribution in [0.3, 0.4) is 0 Å². The summed E-state index contributed by atoms with van der Waals surface area (Å²) in [5.41, 5.74) is 1.13. The van der Waals surface area contributed by atoms with Crippen molar-refractivity contribution in [3.63, 3.8) is 0 Å². The topological polar surface area (TPSA) is 43.4 Å². The summed E-state index contributed by atoms with van der Waals surface area (Å²) in [4.78, 5) is 0. The Balaban J connectivity index is 2.24. The molecule has 0 bridgehead atoms. The van der Waals surface area contributed by atoms with Crippen molar-refractivity contribution in [1.82, 2.24) is 0 Å². The van der Waals surface area contributed by atoms with Crippen LogP contribution in [-0.2, 0) is 14.6 Å². The van der Waals surface area contributed by atoms with Gasteiger partial charge in [-0.3, -0.25) is 0 Å². The van der Waals surface area contributed by atoms with Crippen molar-refractivity contribution in [3.05, 3.63) is 11.8 Å². The first-order chi connectivity index (χ1) is 7.52. The summed E-state index contributed by atoms with van der Waals surface area (Å²) in [5.74, 6) is 0.381. The molecule has 4 heteroatoms. The van der Waals surface area contributed by atoms with Gasteiger partial charge in [-0.2, -0.15) is 0 Å². The normalized spacial score (nSPS) is 23.8. The lowest BCUT2D eigenvalue weighted by molar-refractivity contribution is 0.238. The van der Waals surface area contributed by atoms with E-state index in [0.717, 1.165) is 37.7 Å². The standard InChI is InChI=1S/C12H22O3S/c1-11(2)10-15-8-5-7-12-6-3-4-9-16(12,13)14/h10,12H,3-9H2,1-2H3. The molecule has 0 saturated carbocycles. The van der Waals surface area contributed by atoms with Gasteiger partial charge >= 0.3 is 0 Å². The fourth-order valence-corrected chi connectivity index (χ4v) is 3.96. The number of hydrogen-bond donors (Lipinski definition) is 0. The molecule has 0 spiro atoms. The number of allylic oxidation sites excluding steroid dienone is 1. The smallest absolute Gasteiger partial charge is 0.153 e. The monoisotopic (exact) mass is 246 g/mol. The summed E-state index contributed by atoms with van der Waals surface area (Å²) in [5, 5.41) is -0.114. The van der Waals surface area contributed by atoms with E-state index in [-0.39, 0.29) is 5.25 Å². The fourth-order valence-electron chi connectivity index (χ4n) is 1.97. The Morgan fingerprint density at radius 3 is 2.75 bits per heavy atom. The van der Waals surface area contributed by atoms with Gasteiger partial charge in [0, 0.05) is 0 Å². The quantitative estimate of drug-likeness (QED) is 0.553. The first-order valence-electron chi connectivity index (χ1n) is 5.99. The highest BCUT2D eigenvalue weighted by Crippen LogP contribution is 2.23. The molecule has 3 nitrogen and oxygen atoms in total. The molecule has 1 atom stereocenters. The minimum absolute atomic E-state index is 0.114. The third-order valence-corrected chi connectivity index (χ3v) is 5.16. The molecule has 94 valence electrons. The van der Waals surface area contributed by atoms with Crippen LogP contribution in [0, 0.1) is 0 Å². The average molecular weight is 246 g/mol. The molecule has 1 aliphatic heterocycles. The van der Waals surface area contributed by atoms with Gasteiger partial charge in [0.05, 0.1) is 23.9 Å². The van der Waals surface area contributed by atoms with E-state index in [1.54, 1.807) is 6.26 Å². The molecule has 0 aliphatic carbocycles. The highest BCUT2D eigenvalue weighted by Gasteiger charge is 2.27. The van der Waals surface area contributed by atoms with Gasteiger partial charge in [0.1, 0.15) is 0 Å². The van der Waals surface area contributed by atoms with Gasteiger partial charge in [-0.05, 0) is 45.1 Å². The van der Waals surface area contributed by atoms with Crippen LogP contribution in [0.2, 0.25) is 0 Å². The minimum Gasteiger partial charge on any atom is -0.501 e. The zero-order chi connectivity index (χ0) is 12.0. The van der Waals surface area contributed by atoms with Gasteiger partial charge in [-0.15, -0.1) is 0 Å². The van der Waals surface area contributed by atoms with Crippen LogP contribution in [-0.4, -0.2) is 26.0 Å². The Bertz CT molecular complexity index is 326. The van der Waals surface area contributed by atoms with Gasteiger partial charge in [0.2, 0.25) is 0 Å². The maximum atomic E-state index is 11.7. The Kier molecular flexibility index (Phi) is 5.32. The second-order valence-electron chi connectivity index (χ2n) is 4.69. The van der Waals surface area contributed by atoms with Crippen LogP contribution < -0.4 is 0 Å². The molecule has 1 aliphatic rings. The minimum atomic E-state index is -2.80. The van der Waals surface area contributed by atoms with Crippen LogP contribution in [0.15, 0.2) is 11.8 Å². The van der Waals surface area contributed by atoms with Crippen molar-refractivity contribution in [2.24, 2.45) is 0 Å².